The number of nitrogens with one attached hydrogen (secondary N) is 1. The van der Waals surface area contributed by atoms with E-state index >= 15 is 0 Å². The minimum absolute atomic E-state index is 0.0498. The first kappa shape index (κ1) is 13.3. The van der Waals surface area contributed by atoms with E-state index in [1.807, 2.05) is 0 Å². The van der Waals surface area contributed by atoms with Crippen LogP contribution in [-0.2, 0) is 6.18 Å². The van der Waals surface area contributed by atoms with Crippen molar-refractivity contribution in [2.24, 2.45) is 4.99 Å². The number of nitrogens with zero attached hydrogens (tertiary/aromatic N) is 1. The van der Waals surface area contributed by atoms with Crippen LogP contribution in [0.2, 0.25) is 0 Å². The first-order chi connectivity index (χ1) is 8.26. The quantitative estimate of drug-likeness (QED) is 0.837. The fourth-order valence-electron chi connectivity index (χ4n) is 1.52. The number of amidine groups is 1. The van der Waals surface area contributed by atoms with Gasteiger partial charge in [0.15, 0.2) is 5.17 Å². The first-order valence-corrected chi connectivity index (χ1v) is 6.26. The van der Waals surface area contributed by atoms with E-state index in [0.717, 1.165) is 17.3 Å². The Morgan fingerprint density at radius 3 is 2.28 bits per heavy atom. The van der Waals surface area contributed by atoms with Crippen LogP contribution in [0.4, 0.5) is 18.9 Å². The van der Waals surface area contributed by atoms with Crippen LogP contribution in [0.15, 0.2) is 29.3 Å². The lowest BCUT2D eigenvalue weighted by Gasteiger charge is -2.14. The zero-order valence-corrected chi connectivity index (χ0v) is 10.8. The van der Waals surface area contributed by atoms with Gasteiger partial charge in [-0.15, -0.1) is 0 Å². The van der Waals surface area contributed by atoms with Gasteiger partial charge in [-0.1, -0.05) is 11.8 Å². The Balaban J connectivity index is 2.04. The van der Waals surface area contributed by atoms with E-state index in [4.69, 9.17) is 0 Å². The Bertz CT molecular complexity index is 463. The predicted molar refractivity (Wildman–Crippen MR) is 69.0 cm³/mol. The predicted octanol–water partition coefficient (Wildman–Crippen LogP) is 4.00. The summed E-state index contributed by atoms with van der Waals surface area (Å²) < 4.78 is 37.2. The van der Waals surface area contributed by atoms with Crippen molar-refractivity contribution in [1.82, 2.24) is 0 Å². The molecule has 1 aromatic carbocycles. The monoisotopic (exact) mass is 274 g/mol. The number of alkyl halides is 3. The molecule has 1 aliphatic rings. The largest absolute Gasteiger partial charge is 0.416 e. The van der Waals surface area contributed by atoms with Crippen LogP contribution < -0.4 is 5.32 Å². The first-order valence-electron chi connectivity index (χ1n) is 5.44. The summed E-state index contributed by atoms with van der Waals surface area (Å²) in [7, 11) is 0. The average Bonchev–Trinajstić information content (AvgIpc) is 2.57. The maximum atomic E-state index is 12.4. The molecule has 0 spiro atoms. The minimum Gasteiger partial charge on any atom is -0.335 e. The Hall–Kier alpha value is -1.17. The molecule has 1 aliphatic heterocycles. The summed E-state index contributed by atoms with van der Waals surface area (Å²) in [6, 6.07) is 4.95. The molecule has 6 heteroatoms. The summed E-state index contributed by atoms with van der Waals surface area (Å²) in [5.41, 5.74) is -0.0265. The van der Waals surface area contributed by atoms with Crippen molar-refractivity contribution in [3.05, 3.63) is 29.8 Å². The van der Waals surface area contributed by atoms with Crippen LogP contribution >= 0.6 is 11.8 Å². The highest BCUT2D eigenvalue weighted by Gasteiger charge is 2.30. The van der Waals surface area contributed by atoms with Crippen molar-refractivity contribution < 1.29 is 13.2 Å². The molecule has 0 aliphatic carbocycles. The zero-order valence-electron chi connectivity index (χ0n) is 10.0. The highest BCUT2D eigenvalue weighted by molar-refractivity contribution is 8.15. The molecule has 0 amide bonds. The SMILES string of the molecule is CC1(C)CN=C(Nc2ccc(C(F)(F)F)cc2)S1. The van der Waals surface area contributed by atoms with Crippen molar-refractivity contribution in [1.29, 1.82) is 0 Å². The average molecular weight is 274 g/mol. The molecular formula is C12H13F3N2S. The molecule has 0 saturated heterocycles. The molecule has 0 unspecified atom stereocenters. The zero-order chi connectivity index (χ0) is 13.4. The van der Waals surface area contributed by atoms with Crippen LogP contribution in [0, 0.1) is 0 Å². The third kappa shape index (κ3) is 3.19. The fraction of sp³-hybridized carbons (Fsp3) is 0.417. The third-order valence-electron chi connectivity index (χ3n) is 2.44. The molecule has 1 aromatic rings. The molecular weight excluding hydrogens is 261 g/mol. The highest BCUT2D eigenvalue weighted by Crippen LogP contribution is 2.33. The van der Waals surface area contributed by atoms with Gasteiger partial charge in [-0.3, -0.25) is 4.99 Å². The van der Waals surface area contributed by atoms with Crippen molar-refractivity contribution >= 4 is 22.6 Å². The molecule has 0 atom stereocenters. The summed E-state index contributed by atoms with van der Waals surface area (Å²) in [6.45, 7) is 4.85. The number of anilines is 1. The van der Waals surface area contributed by atoms with E-state index in [1.165, 1.54) is 12.1 Å². The van der Waals surface area contributed by atoms with Gasteiger partial charge in [0, 0.05) is 10.4 Å². The summed E-state index contributed by atoms with van der Waals surface area (Å²) in [5.74, 6) is 0. The number of halogens is 3. The van der Waals surface area contributed by atoms with Gasteiger partial charge in [0.2, 0.25) is 0 Å². The van der Waals surface area contributed by atoms with Crippen molar-refractivity contribution in [2.75, 3.05) is 11.9 Å². The lowest BCUT2D eigenvalue weighted by atomic mass is 10.2. The van der Waals surface area contributed by atoms with Crippen LogP contribution in [0.1, 0.15) is 19.4 Å². The minimum atomic E-state index is -4.29. The molecule has 0 radical (unpaired) electrons. The molecule has 0 saturated carbocycles. The second-order valence-corrected chi connectivity index (χ2v) is 6.38. The van der Waals surface area contributed by atoms with Gasteiger partial charge >= 0.3 is 6.18 Å². The maximum Gasteiger partial charge on any atom is 0.416 e. The second-order valence-electron chi connectivity index (χ2n) is 4.68. The second kappa shape index (κ2) is 4.50. The summed E-state index contributed by atoms with van der Waals surface area (Å²) >= 11 is 1.59. The summed E-state index contributed by atoms with van der Waals surface area (Å²) in [4.78, 5) is 4.30. The molecule has 2 rings (SSSR count). The van der Waals surface area contributed by atoms with Gasteiger partial charge in [0.1, 0.15) is 0 Å². The Morgan fingerprint density at radius 1 is 1.22 bits per heavy atom. The number of thioether (sulfide) groups is 1. The Kier molecular flexibility index (Phi) is 3.31. The van der Waals surface area contributed by atoms with E-state index in [2.05, 4.69) is 24.2 Å². The number of benzene rings is 1. The number of aliphatic imine (C=N–C) groups is 1. The number of rotatable bonds is 1. The van der Waals surface area contributed by atoms with Crippen molar-refractivity contribution in [2.45, 2.75) is 24.8 Å². The van der Waals surface area contributed by atoms with Crippen molar-refractivity contribution in [3.63, 3.8) is 0 Å². The number of hydrogen-bond acceptors (Lipinski definition) is 3. The van der Waals surface area contributed by atoms with E-state index in [9.17, 15) is 13.2 Å². The Morgan fingerprint density at radius 2 is 1.83 bits per heavy atom. The molecule has 2 nitrogen and oxygen atoms in total. The van der Waals surface area contributed by atoms with Crippen LogP contribution in [0.5, 0.6) is 0 Å². The highest BCUT2D eigenvalue weighted by atomic mass is 32.2. The summed E-state index contributed by atoms with van der Waals surface area (Å²) in [5, 5.41) is 3.77. The van der Waals surface area contributed by atoms with Gasteiger partial charge in [0.25, 0.3) is 0 Å². The van der Waals surface area contributed by atoms with Crippen LogP contribution in [-0.4, -0.2) is 16.5 Å². The van der Waals surface area contributed by atoms with Gasteiger partial charge in [-0.05, 0) is 38.1 Å². The molecule has 98 valence electrons. The van der Waals surface area contributed by atoms with Crippen molar-refractivity contribution in [3.8, 4) is 0 Å². The van der Waals surface area contributed by atoms with Crippen LogP contribution in [0.3, 0.4) is 0 Å². The smallest absolute Gasteiger partial charge is 0.335 e. The lowest BCUT2D eigenvalue weighted by molar-refractivity contribution is -0.137. The van der Waals surface area contributed by atoms with Gasteiger partial charge < -0.3 is 5.32 Å². The van der Waals surface area contributed by atoms with Gasteiger partial charge in [-0.25, -0.2) is 0 Å². The van der Waals surface area contributed by atoms with Gasteiger partial charge in [-0.2, -0.15) is 13.2 Å². The van der Waals surface area contributed by atoms with Crippen LogP contribution in [0.25, 0.3) is 0 Å². The maximum absolute atomic E-state index is 12.4. The van der Waals surface area contributed by atoms with E-state index in [1.54, 1.807) is 11.8 Å². The lowest BCUT2D eigenvalue weighted by Crippen LogP contribution is -2.16. The van der Waals surface area contributed by atoms with E-state index < -0.39 is 11.7 Å². The molecule has 0 bridgehead atoms. The number of hydrogen-bond donors (Lipinski definition) is 1. The third-order valence-corrected chi connectivity index (χ3v) is 3.55. The molecule has 0 fully saturated rings. The van der Waals surface area contributed by atoms with E-state index in [0.29, 0.717) is 12.2 Å². The molecule has 1 heterocycles. The normalized spacial score (nSPS) is 18.6. The molecule has 18 heavy (non-hydrogen) atoms. The standard InChI is InChI=1S/C12H13F3N2S/c1-11(2)7-16-10(18-11)17-9-5-3-8(4-6-9)12(13,14)15/h3-6H,7H2,1-2H3,(H,16,17). The van der Waals surface area contributed by atoms with E-state index in [-0.39, 0.29) is 4.75 Å². The summed E-state index contributed by atoms with van der Waals surface area (Å²) in [6.07, 6.45) is -4.29. The topological polar surface area (TPSA) is 24.4 Å². The Labute approximate surface area is 108 Å². The molecule has 1 N–H and O–H groups in total. The van der Waals surface area contributed by atoms with Gasteiger partial charge in [0.05, 0.1) is 12.1 Å². The molecule has 0 aromatic heterocycles. The fourth-order valence-corrected chi connectivity index (χ4v) is 2.47.